The predicted octanol–water partition coefficient (Wildman–Crippen LogP) is 4.05. The minimum Gasteiger partial charge on any atom is -0.334 e. The molecule has 0 atom stereocenters. The summed E-state index contributed by atoms with van der Waals surface area (Å²) in [5, 5.41) is 2.28. The number of nitrogens with zero attached hydrogens (tertiary/aromatic N) is 2. The van der Waals surface area contributed by atoms with E-state index in [0.717, 1.165) is 0 Å². The SMILES string of the molecule is Fc1cc(F)c(Nc2nc(Cl)ncc2Br)c(F)c1. The van der Waals surface area contributed by atoms with Crippen LogP contribution < -0.4 is 5.32 Å². The van der Waals surface area contributed by atoms with Gasteiger partial charge in [-0.2, -0.15) is 4.98 Å². The topological polar surface area (TPSA) is 37.8 Å². The van der Waals surface area contributed by atoms with E-state index >= 15 is 0 Å². The predicted molar refractivity (Wildman–Crippen MR) is 64.3 cm³/mol. The summed E-state index contributed by atoms with van der Waals surface area (Å²) in [5.41, 5.74) is -0.521. The third-order valence-corrected chi connectivity index (χ3v) is 2.73. The molecule has 0 bridgehead atoms. The van der Waals surface area contributed by atoms with Crippen LogP contribution in [0.5, 0.6) is 0 Å². The Bertz CT molecular complexity index is 586. The maximum absolute atomic E-state index is 13.4. The molecule has 1 heterocycles. The molecule has 0 aliphatic heterocycles. The molecule has 3 nitrogen and oxygen atoms in total. The molecule has 0 unspecified atom stereocenters. The van der Waals surface area contributed by atoms with E-state index in [1.807, 2.05) is 0 Å². The fourth-order valence-electron chi connectivity index (χ4n) is 1.21. The van der Waals surface area contributed by atoms with Crippen LogP contribution >= 0.6 is 27.5 Å². The highest BCUT2D eigenvalue weighted by molar-refractivity contribution is 9.10. The number of hydrogen-bond donors (Lipinski definition) is 1. The van der Waals surface area contributed by atoms with E-state index in [-0.39, 0.29) is 11.1 Å². The Morgan fingerprint density at radius 2 is 1.78 bits per heavy atom. The van der Waals surface area contributed by atoms with Crippen molar-refractivity contribution in [3.8, 4) is 0 Å². The minimum absolute atomic E-state index is 0.0689. The van der Waals surface area contributed by atoms with Crippen LogP contribution in [0.2, 0.25) is 5.28 Å². The first kappa shape index (κ1) is 13.1. The lowest BCUT2D eigenvalue weighted by Crippen LogP contribution is -2.02. The Morgan fingerprint density at radius 1 is 1.17 bits per heavy atom. The molecule has 0 aliphatic carbocycles. The quantitative estimate of drug-likeness (QED) is 0.839. The van der Waals surface area contributed by atoms with E-state index < -0.39 is 23.1 Å². The summed E-state index contributed by atoms with van der Waals surface area (Å²) in [4.78, 5) is 7.40. The van der Waals surface area contributed by atoms with Crippen molar-refractivity contribution in [3.05, 3.63) is 45.5 Å². The van der Waals surface area contributed by atoms with Gasteiger partial charge in [-0.3, -0.25) is 0 Å². The number of nitrogens with one attached hydrogen (secondary N) is 1. The van der Waals surface area contributed by atoms with Gasteiger partial charge in [0, 0.05) is 18.3 Å². The van der Waals surface area contributed by atoms with Crippen LogP contribution in [-0.2, 0) is 0 Å². The molecule has 0 fully saturated rings. The number of rotatable bonds is 2. The summed E-state index contributed by atoms with van der Waals surface area (Å²) >= 11 is 8.64. The molecule has 1 aromatic carbocycles. The van der Waals surface area contributed by atoms with Crippen molar-refractivity contribution >= 4 is 39.0 Å². The van der Waals surface area contributed by atoms with E-state index in [9.17, 15) is 13.2 Å². The molecular weight excluding hydrogens is 334 g/mol. The first-order valence-electron chi connectivity index (χ1n) is 4.57. The molecule has 18 heavy (non-hydrogen) atoms. The Labute approximate surface area is 113 Å². The number of aromatic nitrogens is 2. The molecule has 0 saturated carbocycles. The zero-order valence-corrected chi connectivity index (χ0v) is 10.9. The first-order valence-corrected chi connectivity index (χ1v) is 5.74. The molecule has 0 saturated heterocycles. The van der Waals surface area contributed by atoms with Crippen molar-refractivity contribution in [1.29, 1.82) is 0 Å². The second kappa shape index (κ2) is 5.11. The zero-order chi connectivity index (χ0) is 13.3. The van der Waals surface area contributed by atoms with Crippen molar-refractivity contribution in [2.24, 2.45) is 0 Å². The summed E-state index contributed by atoms with van der Waals surface area (Å²) in [7, 11) is 0. The van der Waals surface area contributed by atoms with E-state index in [1.165, 1.54) is 6.20 Å². The van der Waals surface area contributed by atoms with Crippen molar-refractivity contribution in [2.75, 3.05) is 5.32 Å². The molecule has 8 heteroatoms. The first-order chi connectivity index (χ1) is 8.47. The fourth-order valence-corrected chi connectivity index (χ4v) is 1.64. The van der Waals surface area contributed by atoms with Crippen molar-refractivity contribution in [3.63, 3.8) is 0 Å². The van der Waals surface area contributed by atoms with Gasteiger partial charge in [0.25, 0.3) is 0 Å². The van der Waals surface area contributed by atoms with Crippen LogP contribution in [-0.4, -0.2) is 9.97 Å². The van der Waals surface area contributed by atoms with E-state index in [1.54, 1.807) is 0 Å². The zero-order valence-electron chi connectivity index (χ0n) is 8.52. The molecule has 2 aromatic rings. The van der Waals surface area contributed by atoms with Crippen LogP contribution in [0.25, 0.3) is 0 Å². The molecule has 0 radical (unpaired) electrons. The molecule has 0 aliphatic rings. The van der Waals surface area contributed by atoms with Gasteiger partial charge in [-0.15, -0.1) is 0 Å². The van der Waals surface area contributed by atoms with Gasteiger partial charge in [-0.05, 0) is 27.5 Å². The second-order valence-electron chi connectivity index (χ2n) is 3.21. The van der Waals surface area contributed by atoms with Crippen LogP contribution in [0, 0.1) is 17.5 Å². The summed E-state index contributed by atoms with van der Waals surface area (Å²) in [5.74, 6) is -3.09. The normalized spacial score (nSPS) is 10.5. The Hall–Kier alpha value is -1.34. The van der Waals surface area contributed by atoms with E-state index in [0.29, 0.717) is 16.6 Å². The van der Waals surface area contributed by atoms with Gasteiger partial charge >= 0.3 is 0 Å². The van der Waals surface area contributed by atoms with E-state index in [2.05, 4.69) is 31.2 Å². The lowest BCUT2D eigenvalue weighted by atomic mass is 10.2. The number of halogens is 5. The second-order valence-corrected chi connectivity index (χ2v) is 4.40. The summed E-state index contributed by atoms with van der Waals surface area (Å²) < 4.78 is 39.9. The smallest absolute Gasteiger partial charge is 0.224 e. The third kappa shape index (κ3) is 2.73. The van der Waals surface area contributed by atoms with Crippen LogP contribution in [0.3, 0.4) is 0 Å². The standard InChI is InChI=1S/C10H4BrClF3N3/c11-5-3-16-10(12)18-9(5)17-8-6(14)1-4(13)2-7(8)15/h1-3H,(H,16,17,18). The molecule has 2 rings (SSSR count). The van der Waals surface area contributed by atoms with Gasteiger partial charge in [0.05, 0.1) is 4.47 Å². The monoisotopic (exact) mass is 337 g/mol. The van der Waals surface area contributed by atoms with Crippen LogP contribution in [0.15, 0.2) is 22.8 Å². The van der Waals surface area contributed by atoms with E-state index in [4.69, 9.17) is 11.6 Å². The molecule has 1 aromatic heterocycles. The van der Waals surface area contributed by atoms with Crippen molar-refractivity contribution < 1.29 is 13.2 Å². The lowest BCUT2D eigenvalue weighted by Gasteiger charge is -2.09. The van der Waals surface area contributed by atoms with Gasteiger partial charge in [-0.25, -0.2) is 18.2 Å². The number of anilines is 2. The summed E-state index contributed by atoms with van der Waals surface area (Å²) in [6, 6.07) is 1.12. The molecule has 94 valence electrons. The largest absolute Gasteiger partial charge is 0.334 e. The molecular formula is C10H4BrClF3N3. The number of benzene rings is 1. The highest BCUT2D eigenvalue weighted by Gasteiger charge is 2.14. The Balaban J connectivity index is 2.43. The number of hydrogen-bond acceptors (Lipinski definition) is 3. The fraction of sp³-hybridized carbons (Fsp3) is 0. The molecule has 1 N–H and O–H groups in total. The van der Waals surface area contributed by atoms with Gasteiger partial charge in [-0.1, -0.05) is 0 Å². The summed E-state index contributed by atoms with van der Waals surface area (Å²) in [6.45, 7) is 0. The van der Waals surface area contributed by atoms with Crippen molar-refractivity contribution in [1.82, 2.24) is 9.97 Å². The highest BCUT2D eigenvalue weighted by Crippen LogP contribution is 2.28. The van der Waals surface area contributed by atoms with Gasteiger partial charge in [0.1, 0.15) is 17.3 Å². The van der Waals surface area contributed by atoms with Gasteiger partial charge in [0.15, 0.2) is 11.6 Å². The maximum Gasteiger partial charge on any atom is 0.224 e. The summed E-state index contributed by atoms with van der Waals surface area (Å²) in [6.07, 6.45) is 1.32. The van der Waals surface area contributed by atoms with Crippen LogP contribution in [0.1, 0.15) is 0 Å². The highest BCUT2D eigenvalue weighted by atomic mass is 79.9. The maximum atomic E-state index is 13.4. The molecule has 0 amide bonds. The third-order valence-electron chi connectivity index (χ3n) is 1.96. The Morgan fingerprint density at radius 3 is 2.39 bits per heavy atom. The van der Waals surface area contributed by atoms with Crippen molar-refractivity contribution in [2.45, 2.75) is 0 Å². The Kier molecular flexibility index (Phi) is 3.72. The van der Waals surface area contributed by atoms with Gasteiger partial charge in [0.2, 0.25) is 5.28 Å². The molecule has 0 spiro atoms. The average molecular weight is 339 g/mol. The average Bonchev–Trinajstić information content (AvgIpc) is 2.28. The lowest BCUT2D eigenvalue weighted by molar-refractivity contribution is 0.548. The van der Waals surface area contributed by atoms with Crippen LogP contribution in [0.4, 0.5) is 24.7 Å². The minimum atomic E-state index is -1.07. The van der Waals surface area contributed by atoms with Gasteiger partial charge < -0.3 is 5.32 Å².